The van der Waals surface area contributed by atoms with Gasteiger partial charge in [-0.05, 0) is 50.2 Å². The number of alkyl halides is 3. The van der Waals surface area contributed by atoms with Crippen LogP contribution in [0.5, 0.6) is 5.75 Å². The van der Waals surface area contributed by atoms with Gasteiger partial charge < -0.3 is 9.84 Å². The van der Waals surface area contributed by atoms with E-state index in [4.69, 9.17) is 9.84 Å². The maximum atomic E-state index is 13.5. The van der Waals surface area contributed by atoms with Gasteiger partial charge in [-0.1, -0.05) is 6.07 Å². The number of fused-ring (bicyclic) bond motifs is 1. The summed E-state index contributed by atoms with van der Waals surface area (Å²) in [5.41, 5.74) is -1.47. The first-order chi connectivity index (χ1) is 17.0. The largest absolute Gasteiger partial charge is 0.486 e. The van der Waals surface area contributed by atoms with Crippen LogP contribution >= 0.6 is 0 Å². The van der Waals surface area contributed by atoms with Gasteiger partial charge in [0.15, 0.2) is 0 Å². The van der Waals surface area contributed by atoms with Gasteiger partial charge in [0, 0.05) is 5.69 Å². The highest BCUT2D eigenvalue weighted by Crippen LogP contribution is 2.40. The van der Waals surface area contributed by atoms with E-state index < -0.39 is 73.0 Å². The van der Waals surface area contributed by atoms with Gasteiger partial charge in [0.25, 0.3) is 10.0 Å². The van der Waals surface area contributed by atoms with E-state index in [0.29, 0.717) is 16.4 Å². The van der Waals surface area contributed by atoms with E-state index in [0.717, 1.165) is 18.2 Å². The lowest BCUT2D eigenvalue weighted by Gasteiger charge is -2.35. The third kappa shape index (κ3) is 6.43. The number of anilines is 2. The standard InChI is InChI=1S/C21H22F3N3O8S2/c1-12(2)36(31,32)26-19(28)10-15-11-27(17-9-14(25-20(29)30)6-7-18(17)35-15)37(33,34)16-5-3-4-13(8-16)21(22,23)24/h3-9,12,15,25H,10-11H2,1-2H3,(H,26,28)(H,29,30). The number of rotatable bonds is 7. The average Bonchev–Trinajstić information content (AvgIpc) is 2.77. The van der Waals surface area contributed by atoms with Crippen LogP contribution in [0.2, 0.25) is 0 Å². The molecule has 2 amide bonds. The molecular formula is C21H22F3N3O8S2. The van der Waals surface area contributed by atoms with Gasteiger partial charge in [-0.2, -0.15) is 13.2 Å². The molecule has 0 saturated heterocycles. The Bertz CT molecular complexity index is 1430. The summed E-state index contributed by atoms with van der Waals surface area (Å²) in [4.78, 5) is 22.7. The molecule has 2 aromatic carbocycles. The van der Waals surface area contributed by atoms with Gasteiger partial charge in [0.2, 0.25) is 15.9 Å². The smallest absolute Gasteiger partial charge is 0.416 e. The number of sulfonamides is 2. The summed E-state index contributed by atoms with van der Waals surface area (Å²) in [6, 6.07) is 6.58. The van der Waals surface area contributed by atoms with Crippen molar-refractivity contribution < 1.29 is 49.4 Å². The lowest BCUT2D eigenvalue weighted by atomic mass is 10.1. The van der Waals surface area contributed by atoms with E-state index in [9.17, 15) is 39.6 Å². The molecule has 0 aliphatic carbocycles. The fourth-order valence-corrected chi connectivity index (χ4v) is 5.51. The first kappa shape index (κ1) is 28.0. The minimum absolute atomic E-state index is 0.0571. The first-order valence-corrected chi connectivity index (χ1v) is 13.5. The number of carbonyl (C=O) groups excluding carboxylic acids is 1. The molecule has 0 saturated carbocycles. The van der Waals surface area contributed by atoms with Crippen molar-refractivity contribution in [1.82, 2.24) is 4.72 Å². The van der Waals surface area contributed by atoms with Crippen molar-refractivity contribution in [3.8, 4) is 5.75 Å². The van der Waals surface area contributed by atoms with Gasteiger partial charge in [-0.15, -0.1) is 0 Å². The summed E-state index contributed by atoms with van der Waals surface area (Å²) < 4.78 is 98.8. The highest BCUT2D eigenvalue weighted by molar-refractivity contribution is 7.92. The highest BCUT2D eigenvalue weighted by Gasteiger charge is 2.38. The molecule has 37 heavy (non-hydrogen) atoms. The topological polar surface area (TPSA) is 159 Å². The zero-order valence-electron chi connectivity index (χ0n) is 19.3. The second kappa shape index (κ2) is 10.1. The van der Waals surface area contributed by atoms with Crippen LogP contribution in [-0.2, 0) is 31.0 Å². The molecular weight excluding hydrogens is 543 g/mol. The monoisotopic (exact) mass is 565 g/mol. The number of halogens is 3. The number of nitrogens with zero attached hydrogens (tertiary/aromatic N) is 1. The molecule has 1 aliphatic rings. The van der Waals surface area contributed by atoms with Crippen molar-refractivity contribution in [2.45, 2.75) is 42.7 Å². The van der Waals surface area contributed by atoms with Crippen molar-refractivity contribution >= 4 is 43.4 Å². The normalized spacial score (nSPS) is 16.1. The Hall–Kier alpha value is -3.53. The van der Waals surface area contributed by atoms with Gasteiger partial charge in [-0.25, -0.2) is 21.6 Å². The Morgan fingerprint density at radius 2 is 1.81 bits per heavy atom. The number of carbonyl (C=O) groups is 2. The number of hydrogen-bond donors (Lipinski definition) is 3. The van der Waals surface area contributed by atoms with E-state index >= 15 is 0 Å². The van der Waals surface area contributed by atoms with Crippen molar-refractivity contribution in [1.29, 1.82) is 0 Å². The summed E-state index contributed by atoms with van der Waals surface area (Å²) >= 11 is 0. The minimum atomic E-state index is -4.82. The predicted molar refractivity (Wildman–Crippen MR) is 125 cm³/mol. The van der Waals surface area contributed by atoms with Crippen molar-refractivity contribution in [2.24, 2.45) is 0 Å². The quantitative estimate of drug-likeness (QED) is 0.462. The fraction of sp³-hybridized carbons (Fsp3) is 0.333. The number of ether oxygens (including phenoxy) is 1. The van der Waals surface area contributed by atoms with Crippen LogP contribution in [0.25, 0.3) is 0 Å². The number of benzene rings is 2. The van der Waals surface area contributed by atoms with E-state index in [-0.39, 0.29) is 17.1 Å². The minimum Gasteiger partial charge on any atom is -0.486 e. The third-order valence-electron chi connectivity index (χ3n) is 5.18. The van der Waals surface area contributed by atoms with Crippen molar-refractivity contribution in [3.05, 3.63) is 48.0 Å². The third-order valence-corrected chi connectivity index (χ3v) is 8.71. The van der Waals surface area contributed by atoms with Gasteiger partial charge in [-0.3, -0.25) is 19.1 Å². The van der Waals surface area contributed by atoms with Gasteiger partial charge in [0.05, 0.1) is 34.4 Å². The molecule has 16 heteroatoms. The van der Waals surface area contributed by atoms with Gasteiger partial charge in [0.1, 0.15) is 11.9 Å². The molecule has 0 fully saturated rings. The van der Waals surface area contributed by atoms with E-state index in [2.05, 4.69) is 0 Å². The zero-order chi connectivity index (χ0) is 27.8. The molecule has 0 spiro atoms. The van der Waals surface area contributed by atoms with Crippen LogP contribution in [0.15, 0.2) is 47.4 Å². The molecule has 11 nitrogen and oxygen atoms in total. The Morgan fingerprint density at radius 1 is 1.14 bits per heavy atom. The Balaban J connectivity index is 2.03. The van der Waals surface area contributed by atoms with Crippen LogP contribution in [0.3, 0.4) is 0 Å². The Kier molecular flexibility index (Phi) is 7.64. The second-order valence-corrected chi connectivity index (χ2v) is 12.3. The molecule has 1 aliphatic heterocycles. The van der Waals surface area contributed by atoms with Crippen LogP contribution in [0.1, 0.15) is 25.8 Å². The van der Waals surface area contributed by atoms with Crippen LogP contribution in [0, 0.1) is 0 Å². The lowest BCUT2D eigenvalue weighted by molar-refractivity contribution is -0.137. The maximum Gasteiger partial charge on any atom is 0.416 e. The summed E-state index contributed by atoms with van der Waals surface area (Å²) in [7, 11) is -8.68. The molecule has 1 atom stereocenters. The van der Waals surface area contributed by atoms with Crippen LogP contribution < -0.4 is 19.1 Å². The Labute approximate surface area is 210 Å². The summed E-state index contributed by atoms with van der Waals surface area (Å²) in [5.74, 6) is -1.11. The van der Waals surface area contributed by atoms with Crippen molar-refractivity contribution in [3.63, 3.8) is 0 Å². The summed E-state index contributed by atoms with van der Waals surface area (Å²) in [6.45, 7) is 2.10. The van der Waals surface area contributed by atoms with Crippen LogP contribution in [-0.4, -0.2) is 51.8 Å². The number of hydrogen-bond acceptors (Lipinski definition) is 7. The summed E-state index contributed by atoms with van der Waals surface area (Å²) in [5, 5.41) is 10.1. The Morgan fingerprint density at radius 3 is 2.41 bits per heavy atom. The predicted octanol–water partition coefficient (Wildman–Crippen LogP) is 3.00. The highest BCUT2D eigenvalue weighted by atomic mass is 32.2. The second-order valence-electron chi connectivity index (χ2n) is 8.24. The van der Waals surface area contributed by atoms with Gasteiger partial charge >= 0.3 is 12.3 Å². The molecule has 202 valence electrons. The molecule has 1 unspecified atom stereocenters. The average molecular weight is 566 g/mol. The van der Waals surface area contributed by atoms with E-state index in [1.165, 1.54) is 26.0 Å². The lowest BCUT2D eigenvalue weighted by Crippen LogP contribution is -2.46. The molecule has 0 aromatic heterocycles. The molecule has 3 N–H and O–H groups in total. The van der Waals surface area contributed by atoms with E-state index in [1.54, 1.807) is 0 Å². The molecule has 0 bridgehead atoms. The first-order valence-electron chi connectivity index (χ1n) is 10.6. The molecule has 3 rings (SSSR count). The SMILES string of the molecule is CC(C)S(=O)(=O)NC(=O)CC1CN(S(=O)(=O)c2cccc(C(F)(F)F)c2)c2cc(NC(=O)O)ccc2O1. The van der Waals surface area contributed by atoms with E-state index in [1.807, 2.05) is 10.0 Å². The van der Waals surface area contributed by atoms with Crippen LogP contribution in [0.4, 0.5) is 29.3 Å². The molecule has 2 aromatic rings. The molecule has 1 heterocycles. The summed E-state index contributed by atoms with van der Waals surface area (Å²) in [6.07, 6.45) is -8.11. The zero-order valence-corrected chi connectivity index (χ0v) is 20.9. The van der Waals surface area contributed by atoms with Crippen molar-refractivity contribution in [2.75, 3.05) is 16.2 Å². The number of carboxylic acid groups (broad SMARTS) is 1. The number of nitrogens with one attached hydrogen (secondary N) is 2. The molecule has 0 radical (unpaired) electrons. The fourth-order valence-electron chi connectivity index (χ4n) is 3.33. The number of amides is 2. The maximum absolute atomic E-state index is 13.5.